The highest BCUT2D eigenvalue weighted by molar-refractivity contribution is 5.84. The molecule has 2 aliphatic rings. The Bertz CT molecular complexity index is 612. The van der Waals surface area contributed by atoms with E-state index in [4.69, 9.17) is 0 Å². The fourth-order valence-corrected chi connectivity index (χ4v) is 5.71. The molecule has 0 aliphatic heterocycles. The van der Waals surface area contributed by atoms with E-state index in [1.807, 2.05) is 0 Å². The topological polar surface area (TPSA) is 116 Å². The molecule has 0 saturated heterocycles. The van der Waals surface area contributed by atoms with Gasteiger partial charge in [-0.15, -0.1) is 0 Å². The Balaban J connectivity index is 1.36. The zero-order valence-corrected chi connectivity index (χ0v) is 21.1. The minimum absolute atomic E-state index is 0.0669. The first kappa shape index (κ1) is 28.6. The van der Waals surface area contributed by atoms with Crippen LogP contribution in [-0.2, 0) is 14.4 Å². The number of hydrogen-bond donors (Lipinski definition) is 4. The van der Waals surface area contributed by atoms with Crippen LogP contribution in [0.15, 0.2) is 0 Å². The molecule has 2 fully saturated rings. The van der Waals surface area contributed by atoms with E-state index in [9.17, 15) is 24.6 Å². The summed E-state index contributed by atoms with van der Waals surface area (Å²) in [5.74, 6) is -2.60. The monoisotopic (exact) mass is 480 g/mol. The first-order valence-corrected chi connectivity index (χ1v) is 14.0. The van der Waals surface area contributed by atoms with Crippen molar-refractivity contribution in [1.82, 2.24) is 10.6 Å². The molecular weight excluding hydrogens is 432 g/mol. The largest absolute Gasteiger partial charge is 0.481 e. The van der Waals surface area contributed by atoms with Crippen molar-refractivity contribution in [2.45, 2.75) is 122 Å². The third-order valence-corrected chi connectivity index (χ3v) is 7.81. The summed E-state index contributed by atoms with van der Waals surface area (Å²) in [6, 6.07) is 0.161. The number of unbranched alkanes of at least 4 members (excludes halogenated alkanes) is 9. The van der Waals surface area contributed by atoms with E-state index in [0.29, 0.717) is 19.4 Å². The van der Waals surface area contributed by atoms with Crippen LogP contribution in [0.3, 0.4) is 0 Å². The van der Waals surface area contributed by atoms with Crippen molar-refractivity contribution in [3.05, 3.63) is 0 Å². The standard InChI is InChI=1S/C27H48N2O5/c30-25(21-15-9-10-16-22(21)26(31)32)29-20-14-8-6-4-2-1-3-5-7-13-19-28-24-18-12-11-17-23(24)27(33)34/h21-24,28H,1-20H2,(H,29,30)(H,31,32)(H,33,34)/t21-,22-,23+,24-/m1/s1. The Hall–Kier alpha value is -1.63. The second kappa shape index (κ2) is 16.9. The summed E-state index contributed by atoms with van der Waals surface area (Å²) in [6.45, 7) is 1.59. The number of carboxylic acid groups (broad SMARTS) is 2. The van der Waals surface area contributed by atoms with Crippen LogP contribution in [0.25, 0.3) is 0 Å². The smallest absolute Gasteiger partial charge is 0.308 e. The normalized spacial score (nSPS) is 25.1. The van der Waals surface area contributed by atoms with E-state index in [1.54, 1.807) is 0 Å². The summed E-state index contributed by atoms with van der Waals surface area (Å²) in [4.78, 5) is 35.0. The lowest BCUT2D eigenvalue weighted by Crippen LogP contribution is -2.42. The van der Waals surface area contributed by atoms with Gasteiger partial charge in [0.2, 0.25) is 5.91 Å². The number of carboxylic acids is 2. The molecule has 0 radical (unpaired) electrons. The van der Waals surface area contributed by atoms with Crippen molar-refractivity contribution in [3.8, 4) is 0 Å². The van der Waals surface area contributed by atoms with Gasteiger partial charge in [-0.3, -0.25) is 14.4 Å². The van der Waals surface area contributed by atoms with E-state index >= 15 is 0 Å². The molecule has 0 heterocycles. The Morgan fingerprint density at radius 1 is 0.559 bits per heavy atom. The maximum absolute atomic E-state index is 12.3. The second-order valence-corrected chi connectivity index (χ2v) is 10.5. The Kier molecular flexibility index (Phi) is 14.2. The Morgan fingerprint density at radius 2 is 1.00 bits per heavy atom. The molecule has 1 amide bonds. The van der Waals surface area contributed by atoms with Gasteiger partial charge in [-0.1, -0.05) is 77.0 Å². The number of hydrogen-bond acceptors (Lipinski definition) is 4. The summed E-state index contributed by atoms with van der Waals surface area (Å²) < 4.78 is 0. The molecule has 0 bridgehead atoms. The van der Waals surface area contributed by atoms with Crippen LogP contribution in [0.5, 0.6) is 0 Å². The lowest BCUT2D eigenvalue weighted by Gasteiger charge is -2.29. The maximum Gasteiger partial charge on any atom is 0.308 e. The van der Waals surface area contributed by atoms with Gasteiger partial charge in [0.1, 0.15) is 0 Å². The van der Waals surface area contributed by atoms with E-state index in [1.165, 1.54) is 44.9 Å². The molecule has 4 N–H and O–H groups in total. The highest BCUT2D eigenvalue weighted by atomic mass is 16.4. The summed E-state index contributed by atoms with van der Waals surface area (Å²) in [5.41, 5.74) is 0. The second-order valence-electron chi connectivity index (χ2n) is 10.5. The van der Waals surface area contributed by atoms with Crippen molar-refractivity contribution >= 4 is 17.8 Å². The molecule has 0 unspecified atom stereocenters. The highest BCUT2D eigenvalue weighted by Gasteiger charge is 2.35. The summed E-state index contributed by atoms with van der Waals surface area (Å²) in [7, 11) is 0. The van der Waals surface area contributed by atoms with Crippen LogP contribution in [0.4, 0.5) is 0 Å². The van der Waals surface area contributed by atoms with Gasteiger partial charge in [0.15, 0.2) is 0 Å². The van der Waals surface area contributed by atoms with Gasteiger partial charge in [0.05, 0.1) is 17.8 Å². The first-order chi connectivity index (χ1) is 16.5. The summed E-state index contributed by atoms with van der Waals surface area (Å²) in [6.07, 6.45) is 19.1. The van der Waals surface area contributed by atoms with Gasteiger partial charge in [-0.2, -0.15) is 0 Å². The lowest BCUT2D eigenvalue weighted by atomic mass is 9.78. The number of aliphatic carboxylic acids is 2. The quantitative estimate of drug-likeness (QED) is 0.215. The molecule has 2 rings (SSSR count). The van der Waals surface area contributed by atoms with Gasteiger partial charge in [0, 0.05) is 12.6 Å². The molecule has 0 aromatic rings. The number of carbonyl (C=O) groups is 3. The van der Waals surface area contributed by atoms with Crippen molar-refractivity contribution in [3.63, 3.8) is 0 Å². The lowest BCUT2D eigenvalue weighted by molar-refractivity contribution is -0.148. The first-order valence-electron chi connectivity index (χ1n) is 14.0. The predicted molar refractivity (Wildman–Crippen MR) is 134 cm³/mol. The minimum Gasteiger partial charge on any atom is -0.481 e. The van der Waals surface area contributed by atoms with E-state index in [0.717, 1.165) is 64.3 Å². The molecule has 2 aliphatic carbocycles. The minimum atomic E-state index is -0.829. The molecule has 196 valence electrons. The number of nitrogens with one attached hydrogen (secondary N) is 2. The molecular formula is C27H48N2O5. The average Bonchev–Trinajstić information content (AvgIpc) is 2.84. The number of amides is 1. The van der Waals surface area contributed by atoms with Crippen LogP contribution in [-0.4, -0.2) is 47.2 Å². The summed E-state index contributed by atoms with van der Waals surface area (Å²) >= 11 is 0. The van der Waals surface area contributed by atoms with Crippen molar-refractivity contribution in [2.24, 2.45) is 17.8 Å². The van der Waals surface area contributed by atoms with Gasteiger partial charge >= 0.3 is 11.9 Å². The van der Waals surface area contributed by atoms with E-state index in [2.05, 4.69) is 10.6 Å². The van der Waals surface area contributed by atoms with Crippen LogP contribution < -0.4 is 10.6 Å². The Morgan fingerprint density at radius 3 is 1.56 bits per heavy atom. The molecule has 7 nitrogen and oxygen atoms in total. The predicted octanol–water partition coefficient (Wildman–Crippen LogP) is 5.13. The van der Waals surface area contributed by atoms with Crippen LogP contribution in [0.2, 0.25) is 0 Å². The molecule has 0 spiro atoms. The third kappa shape index (κ3) is 10.7. The maximum atomic E-state index is 12.3. The average molecular weight is 481 g/mol. The van der Waals surface area contributed by atoms with Crippen molar-refractivity contribution in [1.29, 1.82) is 0 Å². The molecule has 34 heavy (non-hydrogen) atoms. The highest BCUT2D eigenvalue weighted by Crippen LogP contribution is 2.30. The number of rotatable bonds is 17. The van der Waals surface area contributed by atoms with Crippen LogP contribution >= 0.6 is 0 Å². The molecule has 2 saturated carbocycles. The van der Waals surface area contributed by atoms with E-state index < -0.39 is 17.9 Å². The van der Waals surface area contributed by atoms with E-state index in [-0.39, 0.29) is 23.8 Å². The third-order valence-electron chi connectivity index (χ3n) is 7.81. The zero-order valence-electron chi connectivity index (χ0n) is 21.1. The van der Waals surface area contributed by atoms with Crippen LogP contribution in [0, 0.1) is 17.8 Å². The Labute approximate surface area is 205 Å². The molecule has 4 atom stereocenters. The van der Waals surface area contributed by atoms with Crippen molar-refractivity contribution < 1.29 is 24.6 Å². The fourth-order valence-electron chi connectivity index (χ4n) is 5.71. The summed E-state index contributed by atoms with van der Waals surface area (Å²) in [5, 5.41) is 25.1. The fraction of sp³-hybridized carbons (Fsp3) is 0.889. The van der Waals surface area contributed by atoms with Crippen LogP contribution in [0.1, 0.15) is 116 Å². The number of carbonyl (C=O) groups excluding carboxylic acids is 1. The molecule has 7 heteroatoms. The van der Waals surface area contributed by atoms with Gasteiger partial charge < -0.3 is 20.8 Å². The zero-order chi connectivity index (χ0) is 24.6. The molecule has 0 aromatic carbocycles. The van der Waals surface area contributed by atoms with Gasteiger partial charge in [0.25, 0.3) is 0 Å². The van der Waals surface area contributed by atoms with Crippen molar-refractivity contribution in [2.75, 3.05) is 13.1 Å². The molecule has 0 aromatic heterocycles. The van der Waals surface area contributed by atoms with Gasteiger partial charge in [-0.05, 0) is 45.1 Å². The SMILES string of the molecule is O=C(O)[C@H]1CCCC[C@H]1NCCCCCCCCCCCCNC(=O)[C@@H]1CCCC[C@H]1C(=O)O. The van der Waals surface area contributed by atoms with Gasteiger partial charge in [-0.25, -0.2) is 0 Å².